The van der Waals surface area contributed by atoms with E-state index in [1.165, 1.54) is 32.8 Å². The third-order valence-electron chi connectivity index (χ3n) is 4.52. The molecule has 0 aromatic heterocycles. The summed E-state index contributed by atoms with van der Waals surface area (Å²) in [5.41, 5.74) is 5.82. The molecule has 0 saturated heterocycles. The summed E-state index contributed by atoms with van der Waals surface area (Å²) < 4.78 is 4.50. The van der Waals surface area contributed by atoms with Crippen LogP contribution in [-0.4, -0.2) is 30.1 Å². The van der Waals surface area contributed by atoms with Gasteiger partial charge < -0.3 is 9.84 Å². The molecule has 26 heavy (non-hydrogen) atoms. The van der Waals surface area contributed by atoms with Gasteiger partial charge in [0.1, 0.15) is 0 Å². The second kappa shape index (κ2) is 12.5. The number of carbonyl (C=O) groups is 2. The third-order valence-corrected chi connectivity index (χ3v) is 4.52. The van der Waals surface area contributed by atoms with Crippen molar-refractivity contribution in [2.75, 3.05) is 7.11 Å². The second-order valence-electron chi connectivity index (χ2n) is 6.75. The minimum absolute atomic E-state index is 0.181. The Bertz CT molecular complexity index is 604. The summed E-state index contributed by atoms with van der Waals surface area (Å²) in [5, 5.41) is 9.64. The van der Waals surface area contributed by atoms with Gasteiger partial charge in [-0.05, 0) is 43.4 Å². The summed E-state index contributed by atoms with van der Waals surface area (Å²) in [5.74, 6) is -0.438. The molecule has 1 aliphatic carbocycles. The average molecular weight is 360 g/mol. The third kappa shape index (κ3) is 7.99. The van der Waals surface area contributed by atoms with Gasteiger partial charge in [0.2, 0.25) is 0 Å². The number of Topliss-reactive ketones (excluding diaryl/α,β-unsaturated/α-hetero) is 1. The number of ketones is 1. The van der Waals surface area contributed by atoms with Gasteiger partial charge in [-0.15, -0.1) is 5.73 Å². The highest BCUT2D eigenvalue weighted by Crippen LogP contribution is 2.27. The van der Waals surface area contributed by atoms with E-state index in [1.54, 1.807) is 6.92 Å². The van der Waals surface area contributed by atoms with E-state index in [2.05, 4.69) is 29.5 Å². The fourth-order valence-corrected chi connectivity index (χ4v) is 2.97. The Morgan fingerprint density at radius 2 is 2.08 bits per heavy atom. The van der Waals surface area contributed by atoms with E-state index >= 15 is 0 Å². The molecule has 1 rings (SSSR count). The molecule has 0 saturated carbocycles. The number of rotatable bonds is 11. The Labute approximate surface area is 157 Å². The van der Waals surface area contributed by atoms with Gasteiger partial charge in [-0.3, -0.25) is 4.79 Å². The van der Waals surface area contributed by atoms with Crippen molar-refractivity contribution in [1.82, 2.24) is 0 Å². The van der Waals surface area contributed by atoms with Crippen molar-refractivity contribution >= 4 is 11.8 Å². The zero-order chi connectivity index (χ0) is 19.4. The molecule has 0 aromatic carbocycles. The molecule has 1 aliphatic rings. The van der Waals surface area contributed by atoms with Crippen LogP contribution >= 0.6 is 0 Å². The number of unbranched alkanes of at least 4 members (excludes halogenated alkanes) is 4. The molecule has 1 N–H and O–H groups in total. The van der Waals surface area contributed by atoms with E-state index in [9.17, 15) is 14.7 Å². The lowest BCUT2D eigenvalue weighted by molar-refractivity contribution is -0.150. The van der Waals surface area contributed by atoms with Crippen molar-refractivity contribution in [3.8, 4) is 0 Å². The van der Waals surface area contributed by atoms with E-state index in [-0.39, 0.29) is 12.2 Å². The summed E-state index contributed by atoms with van der Waals surface area (Å²) >= 11 is 0. The van der Waals surface area contributed by atoms with E-state index in [0.29, 0.717) is 12.8 Å². The minimum atomic E-state index is -1.17. The average Bonchev–Trinajstić information content (AvgIpc) is 2.97. The van der Waals surface area contributed by atoms with Gasteiger partial charge in [-0.25, -0.2) is 4.79 Å². The lowest BCUT2D eigenvalue weighted by Crippen LogP contribution is -2.21. The van der Waals surface area contributed by atoms with Crippen LogP contribution in [0.15, 0.2) is 40.7 Å². The fourth-order valence-electron chi connectivity index (χ4n) is 2.97. The van der Waals surface area contributed by atoms with Gasteiger partial charge in [0, 0.05) is 24.8 Å². The molecule has 0 heterocycles. The SMILES string of the molecule is CCCCCC/C=C/C1=C(CC=C=C(C)CC(O)C(=O)OC)C(=O)CC1. The molecule has 4 heteroatoms. The summed E-state index contributed by atoms with van der Waals surface area (Å²) in [6.07, 6.45) is 13.1. The van der Waals surface area contributed by atoms with Crippen molar-refractivity contribution in [3.63, 3.8) is 0 Å². The number of aliphatic hydroxyl groups is 1. The van der Waals surface area contributed by atoms with Crippen molar-refractivity contribution in [2.24, 2.45) is 0 Å². The number of hydrogen-bond acceptors (Lipinski definition) is 4. The van der Waals surface area contributed by atoms with Crippen molar-refractivity contribution < 1.29 is 19.4 Å². The van der Waals surface area contributed by atoms with E-state index in [4.69, 9.17) is 0 Å². The molecule has 144 valence electrons. The molecule has 1 unspecified atom stereocenters. The van der Waals surface area contributed by atoms with E-state index < -0.39 is 12.1 Å². The molecule has 0 amide bonds. The number of allylic oxidation sites excluding steroid dienone is 4. The smallest absolute Gasteiger partial charge is 0.335 e. The molecule has 0 aromatic rings. The monoisotopic (exact) mass is 360 g/mol. The maximum atomic E-state index is 12.1. The summed E-state index contributed by atoms with van der Waals surface area (Å²) in [7, 11) is 1.25. The number of carbonyl (C=O) groups excluding carboxylic acids is 2. The molecule has 0 bridgehead atoms. The molecule has 0 aliphatic heterocycles. The molecular weight excluding hydrogens is 328 g/mol. The first-order valence-electron chi connectivity index (χ1n) is 9.57. The Morgan fingerprint density at radius 3 is 2.77 bits per heavy atom. The molecule has 0 radical (unpaired) electrons. The summed E-state index contributed by atoms with van der Waals surface area (Å²) in [6, 6.07) is 0. The van der Waals surface area contributed by atoms with Crippen LogP contribution in [0.25, 0.3) is 0 Å². The molecule has 0 fully saturated rings. The number of methoxy groups -OCH3 is 1. The van der Waals surface area contributed by atoms with Crippen LogP contribution < -0.4 is 0 Å². The highest BCUT2D eigenvalue weighted by Gasteiger charge is 2.20. The van der Waals surface area contributed by atoms with Gasteiger partial charge in [0.15, 0.2) is 11.9 Å². The maximum absolute atomic E-state index is 12.1. The minimum Gasteiger partial charge on any atom is -0.467 e. The van der Waals surface area contributed by atoms with Crippen LogP contribution in [-0.2, 0) is 14.3 Å². The summed E-state index contributed by atoms with van der Waals surface area (Å²) in [4.78, 5) is 23.3. The van der Waals surface area contributed by atoms with E-state index in [1.807, 2.05) is 6.08 Å². The topological polar surface area (TPSA) is 63.6 Å². The second-order valence-corrected chi connectivity index (χ2v) is 6.75. The van der Waals surface area contributed by atoms with Crippen LogP contribution in [0.2, 0.25) is 0 Å². The fraction of sp³-hybridized carbons (Fsp3) is 0.591. The molecular formula is C22H32O4. The maximum Gasteiger partial charge on any atom is 0.335 e. The van der Waals surface area contributed by atoms with Crippen LogP contribution in [0.5, 0.6) is 0 Å². The van der Waals surface area contributed by atoms with Crippen molar-refractivity contribution in [3.05, 3.63) is 40.7 Å². The lowest BCUT2D eigenvalue weighted by atomic mass is 10.1. The van der Waals surface area contributed by atoms with Gasteiger partial charge in [-0.2, -0.15) is 0 Å². The Morgan fingerprint density at radius 1 is 1.31 bits per heavy atom. The van der Waals surface area contributed by atoms with Gasteiger partial charge in [0.05, 0.1) is 7.11 Å². The molecule has 4 nitrogen and oxygen atoms in total. The number of hydrogen-bond donors (Lipinski definition) is 1. The number of aliphatic hydroxyl groups excluding tert-OH is 1. The van der Waals surface area contributed by atoms with Crippen LogP contribution in [0, 0.1) is 0 Å². The van der Waals surface area contributed by atoms with Crippen LogP contribution in [0.1, 0.15) is 71.6 Å². The highest BCUT2D eigenvalue weighted by atomic mass is 16.5. The van der Waals surface area contributed by atoms with Crippen LogP contribution in [0.3, 0.4) is 0 Å². The van der Waals surface area contributed by atoms with E-state index in [0.717, 1.165) is 29.6 Å². The first-order chi connectivity index (χ1) is 12.5. The largest absolute Gasteiger partial charge is 0.467 e. The zero-order valence-electron chi connectivity index (χ0n) is 16.3. The first-order valence-corrected chi connectivity index (χ1v) is 9.57. The molecule has 0 spiro atoms. The Balaban J connectivity index is 2.63. The molecule has 1 atom stereocenters. The van der Waals surface area contributed by atoms with Gasteiger partial charge in [-0.1, -0.05) is 38.3 Å². The lowest BCUT2D eigenvalue weighted by Gasteiger charge is -2.06. The predicted molar refractivity (Wildman–Crippen MR) is 104 cm³/mol. The normalized spacial score (nSPS) is 15.3. The predicted octanol–water partition coefficient (Wildman–Crippen LogP) is 4.59. The number of esters is 1. The quantitative estimate of drug-likeness (QED) is 0.332. The van der Waals surface area contributed by atoms with Gasteiger partial charge in [0.25, 0.3) is 0 Å². The van der Waals surface area contributed by atoms with Crippen LogP contribution in [0.4, 0.5) is 0 Å². The zero-order valence-corrected chi connectivity index (χ0v) is 16.3. The van der Waals surface area contributed by atoms with Gasteiger partial charge >= 0.3 is 5.97 Å². The Kier molecular flexibility index (Phi) is 10.6. The summed E-state index contributed by atoms with van der Waals surface area (Å²) in [6.45, 7) is 4.00. The van der Waals surface area contributed by atoms with Crippen molar-refractivity contribution in [2.45, 2.75) is 77.7 Å². The standard InChI is InChI=1S/C22H32O4/c1-4-5-6-7-8-9-12-18-14-15-20(23)19(18)13-10-11-17(2)16-21(24)22(25)26-3/h9-10,12,21,24H,4-8,13-16H2,1-3H3/b12-9+. The highest BCUT2D eigenvalue weighted by molar-refractivity contribution is 5.99. The number of ether oxygens (including phenoxy) is 1. The van der Waals surface area contributed by atoms with Crippen molar-refractivity contribution in [1.29, 1.82) is 0 Å². The Hall–Kier alpha value is -1.90. The first kappa shape index (κ1) is 22.1.